The molecule has 162 valence electrons. The van der Waals surface area contributed by atoms with E-state index in [1.54, 1.807) is 38.6 Å². The van der Waals surface area contributed by atoms with Gasteiger partial charge in [0.1, 0.15) is 11.5 Å². The summed E-state index contributed by atoms with van der Waals surface area (Å²) in [6.07, 6.45) is 5.58. The zero-order valence-electron chi connectivity index (χ0n) is 17.7. The third-order valence-electron chi connectivity index (χ3n) is 5.74. The lowest BCUT2D eigenvalue weighted by molar-refractivity contribution is 0.0926. The molecule has 4 rings (SSSR count). The highest BCUT2D eigenvalue weighted by molar-refractivity contribution is 6.31. The number of ether oxygens (including phenoxy) is 2. The van der Waals surface area contributed by atoms with Gasteiger partial charge in [0.2, 0.25) is 0 Å². The molecule has 1 aliphatic rings. The van der Waals surface area contributed by atoms with Crippen molar-refractivity contribution < 1.29 is 14.3 Å². The average molecular weight is 440 g/mol. The van der Waals surface area contributed by atoms with Crippen molar-refractivity contribution in [3.05, 3.63) is 59.2 Å². The van der Waals surface area contributed by atoms with E-state index in [2.05, 4.69) is 15.6 Å². The molecule has 1 aromatic heterocycles. The van der Waals surface area contributed by atoms with E-state index in [1.807, 2.05) is 24.3 Å². The number of hydrogen-bond acceptors (Lipinski definition) is 5. The van der Waals surface area contributed by atoms with Gasteiger partial charge >= 0.3 is 0 Å². The van der Waals surface area contributed by atoms with Crippen molar-refractivity contribution in [2.75, 3.05) is 19.5 Å². The molecule has 0 spiro atoms. The second-order valence-electron chi connectivity index (χ2n) is 7.79. The summed E-state index contributed by atoms with van der Waals surface area (Å²) in [6, 6.07) is 13.5. The Morgan fingerprint density at radius 3 is 2.32 bits per heavy atom. The zero-order valence-corrected chi connectivity index (χ0v) is 18.4. The van der Waals surface area contributed by atoms with Crippen molar-refractivity contribution in [3.8, 4) is 11.5 Å². The van der Waals surface area contributed by atoms with Crippen LogP contribution in [0.1, 0.15) is 36.0 Å². The molecular formula is C24H26ClN3O3. The summed E-state index contributed by atoms with van der Waals surface area (Å²) >= 11 is 6.09. The van der Waals surface area contributed by atoms with Crippen LogP contribution in [0.25, 0.3) is 10.9 Å². The fraction of sp³-hybridized carbons (Fsp3) is 0.333. The van der Waals surface area contributed by atoms with Crippen molar-refractivity contribution in [2.45, 2.75) is 37.8 Å². The lowest BCUT2D eigenvalue weighted by Gasteiger charge is -2.30. The maximum atomic E-state index is 12.7. The summed E-state index contributed by atoms with van der Waals surface area (Å²) in [5.74, 6) is 1.09. The third kappa shape index (κ3) is 5.02. The summed E-state index contributed by atoms with van der Waals surface area (Å²) in [6.45, 7) is 0. The molecule has 0 unspecified atom stereocenters. The van der Waals surface area contributed by atoms with Crippen LogP contribution in [-0.2, 0) is 0 Å². The van der Waals surface area contributed by atoms with Crippen molar-refractivity contribution in [3.63, 3.8) is 0 Å². The molecule has 1 saturated carbocycles. The van der Waals surface area contributed by atoms with Gasteiger partial charge in [-0.05, 0) is 62.1 Å². The Labute approximate surface area is 186 Å². The minimum absolute atomic E-state index is 0.106. The topological polar surface area (TPSA) is 72.5 Å². The number of halogens is 1. The van der Waals surface area contributed by atoms with E-state index in [4.69, 9.17) is 21.1 Å². The van der Waals surface area contributed by atoms with Crippen molar-refractivity contribution in [1.82, 2.24) is 10.3 Å². The van der Waals surface area contributed by atoms with E-state index in [1.165, 1.54) is 0 Å². The number of anilines is 1. The number of carbonyl (C=O) groups is 1. The number of nitrogens with zero attached hydrogens (tertiary/aromatic N) is 1. The molecule has 1 aliphatic carbocycles. The van der Waals surface area contributed by atoms with Gasteiger partial charge in [0.05, 0.1) is 19.7 Å². The number of methoxy groups -OCH3 is 2. The average Bonchev–Trinajstić information content (AvgIpc) is 2.79. The number of nitrogens with one attached hydrogen (secondary N) is 2. The van der Waals surface area contributed by atoms with E-state index in [9.17, 15) is 4.79 Å². The molecule has 0 aliphatic heterocycles. The quantitative estimate of drug-likeness (QED) is 0.561. The van der Waals surface area contributed by atoms with Gasteiger partial charge in [-0.15, -0.1) is 0 Å². The number of rotatable bonds is 6. The molecule has 3 aromatic rings. The number of hydrogen-bond donors (Lipinski definition) is 2. The van der Waals surface area contributed by atoms with Gasteiger partial charge in [0, 0.05) is 46.0 Å². The maximum absolute atomic E-state index is 12.7. The lowest BCUT2D eigenvalue weighted by atomic mass is 9.90. The highest BCUT2D eigenvalue weighted by Gasteiger charge is 2.23. The summed E-state index contributed by atoms with van der Waals surface area (Å²) < 4.78 is 10.5. The molecule has 31 heavy (non-hydrogen) atoms. The number of carbonyl (C=O) groups excluding carboxylic acids is 1. The molecule has 1 amide bonds. The second kappa shape index (κ2) is 9.43. The molecule has 0 radical (unpaired) electrons. The van der Waals surface area contributed by atoms with Crippen LogP contribution in [0.4, 0.5) is 5.69 Å². The Morgan fingerprint density at radius 1 is 0.968 bits per heavy atom. The van der Waals surface area contributed by atoms with E-state index < -0.39 is 0 Å². The monoisotopic (exact) mass is 439 g/mol. The first kappa shape index (κ1) is 21.2. The van der Waals surface area contributed by atoms with Gasteiger partial charge in [-0.3, -0.25) is 9.78 Å². The fourth-order valence-electron chi connectivity index (χ4n) is 4.06. The molecule has 2 N–H and O–H groups in total. The normalized spacial score (nSPS) is 18.4. The van der Waals surface area contributed by atoms with Gasteiger partial charge < -0.3 is 20.1 Å². The molecule has 0 saturated heterocycles. The van der Waals surface area contributed by atoms with Crippen LogP contribution in [0.3, 0.4) is 0 Å². The van der Waals surface area contributed by atoms with Gasteiger partial charge in [-0.2, -0.15) is 0 Å². The van der Waals surface area contributed by atoms with Crippen LogP contribution >= 0.6 is 11.6 Å². The van der Waals surface area contributed by atoms with Crippen LogP contribution in [0.5, 0.6) is 11.5 Å². The Kier molecular flexibility index (Phi) is 6.47. The largest absolute Gasteiger partial charge is 0.497 e. The summed E-state index contributed by atoms with van der Waals surface area (Å²) in [5, 5.41) is 8.55. The molecule has 0 atom stereocenters. The number of fused-ring (bicyclic) bond motifs is 1. The second-order valence-corrected chi connectivity index (χ2v) is 8.22. The summed E-state index contributed by atoms with van der Waals surface area (Å²) in [5.41, 5.74) is 2.49. The maximum Gasteiger partial charge on any atom is 0.251 e. The van der Waals surface area contributed by atoms with E-state index >= 15 is 0 Å². The smallest absolute Gasteiger partial charge is 0.251 e. The van der Waals surface area contributed by atoms with Crippen LogP contribution in [0, 0.1) is 0 Å². The molecular weight excluding hydrogens is 414 g/mol. The third-order valence-corrected chi connectivity index (χ3v) is 5.98. The highest BCUT2D eigenvalue weighted by atomic mass is 35.5. The molecule has 1 heterocycles. The van der Waals surface area contributed by atoms with Gasteiger partial charge in [-0.1, -0.05) is 11.6 Å². The lowest BCUT2D eigenvalue weighted by Crippen LogP contribution is -2.40. The first-order valence-corrected chi connectivity index (χ1v) is 10.8. The molecule has 0 bridgehead atoms. The summed E-state index contributed by atoms with van der Waals surface area (Å²) in [7, 11) is 3.15. The number of aromatic nitrogens is 1. The Balaban J connectivity index is 1.36. The highest BCUT2D eigenvalue weighted by Crippen LogP contribution is 2.29. The Morgan fingerprint density at radius 2 is 1.65 bits per heavy atom. The van der Waals surface area contributed by atoms with Crippen LogP contribution < -0.4 is 20.1 Å². The van der Waals surface area contributed by atoms with Crippen LogP contribution in [0.15, 0.2) is 48.7 Å². The minimum atomic E-state index is -0.106. The minimum Gasteiger partial charge on any atom is -0.497 e. The Hall–Kier alpha value is -2.99. The van der Waals surface area contributed by atoms with Crippen molar-refractivity contribution in [2.24, 2.45) is 0 Å². The predicted octanol–water partition coefficient (Wildman–Crippen LogP) is 5.06. The molecule has 6 nitrogen and oxygen atoms in total. The molecule has 1 fully saturated rings. The first-order chi connectivity index (χ1) is 15.1. The predicted molar refractivity (Wildman–Crippen MR) is 123 cm³/mol. The van der Waals surface area contributed by atoms with Gasteiger partial charge in [-0.25, -0.2) is 0 Å². The number of benzene rings is 2. The number of amides is 1. The zero-order chi connectivity index (χ0) is 21.8. The van der Waals surface area contributed by atoms with Crippen molar-refractivity contribution in [1.29, 1.82) is 0 Å². The first-order valence-electron chi connectivity index (χ1n) is 10.4. The van der Waals surface area contributed by atoms with Crippen molar-refractivity contribution >= 4 is 34.1 Å². The number of pyridine rings is 1. The van der Waals surface area contributed by atoms with E-state index in [0.717, 1.165) is 42.3 Å². The summed E-state index contributed by atoms with van der Waals surface area (Å²) in [4.78, 5) is 17.1. The molecule has 7 heteroatoms. The fourth-order valence-corrected chi connectivity index (χ4v) is 4.22. The molecule has 2 aromatic carbocycles. The Bertz CT molecular complexity index is 1060. The SMILES string of the molecule is COc1cc(OC)cc(C(=O)NC2CCC(Nc3ccnc4cc(Cl)ccc34)CC2)c1. The van der Waals surface area contributed by atoms with E-state index in [0.29, 0.717) is 28.1 Å². The standard InChI is InChI=1S/C24H26ClN3O3/c1-30-19-11-15(12-20(14-19)31-2)24(29)28-18-6-4-17(5-7-18)27-22-9-10-26-23-13-16(25)3-8-21(22)23/h3,8-14,17-18H,4-7H2,1-2H3,(H,26,27)(H,28,29). The van der Waals surface area contributed by atoms with Crippen LogP contribution in [-0.4, -0.2) is 37.2 Å². The van der Waals surface area contributed by atoms with Gasteiger partial charge in [0.15, 0.2) is 0 Å². The van der Waals surface area contributed by atoms with Crippen LogP contribution in [0.2, 0.25) is 5.02 Å². The van der Waals surface area contributed by atoms with E-state index in [-0.39, 0.29) is 11.9 Å². The van der Waals surface area contributed by atoms with Gasteiger partial charge in [0.25, 0.3) is 5.91 Å².